The van der Waals surface area contributed by atoms with Crippen molar-refractivity contribution in [1.82, 2.24) is 10.6 Å². The summed E-state index contributed by atoms with van der Waals surface area (Å²) in [4.78, 5) is 36.0. The van der Waals surface area contributed by atoms with Gasteiger partial charge >= 0.3 is 5.97 Å². The van der Waals surface area contributed by atoms with Crippen molar-refractivity contribution in [3.05, 3.63) is 24.3 Å². The van der Waals surface area contributed by atoms with E-state index in [0.29, 0.717) is 38.6 Å². The minimum Gasteiger partial charge on any atom is -0.480 e. The molecule has 1 atom stereocenters. The van der Waals surface area contributed by atoms with Crippen LogP contribution in [0.25, 0.3) is 0 Å². The van der Waals surface area contributed by atoms with E-state index < -0.39 is 12.0 Å². The monoisotopic (exact) mass is 619 g/mol. The Kier molecular flexibility index (Phi) is 32.2. The zero-order valence-corrected chi connectivity index (χ0v) is 28.9. The van der Waals surface area contributed by atoms with Crippen LogP contribution in [0.4, 0.5) is 0 Å². The number of hydrogen-bond acceptors (Lipinski definition) is 3. The highest BCUT2D eigenvalue weighted by Gasteiger charge is 2.19. The fourth-order valence-corrected chi connectivity index (χ4v) is 5.32. The summed E-state index contributed by atoms with van der Waals surface area (Å²) >= 11 is 0. The Morgan fingerprint density at radius 2 is 0.932 bits per heavy atom. The summed E-state index contributed by atoms with van der Waals surface area (Å²) in [5, 5.41) is 15.1. The van der Waals surface area contributed by atoms with Crippen molar-refractivity contribution in [3.63, 3.8) is 0 Å². The molecule has 6 heteroatoms. The zero-order valence-electron chi connectivity index (χ0n) is 28.9. The molecule has 0 bridgehead atoms. The minimum absolute atomic E-state index is 0.0772. The molecule has 0 aliphatic carbocycles. The highest BCUT2D eigenvalue weighted by molar-refractivity contribution is 5.83. The van der Waals surface area contributed by atoms with Crippen LogP contribution in [0.15, 0.2) is 24.3 Å². The standard InChI is InChI=1S/C38H70N2O4/c1-3-5-7-9-11-13-15-17-19-21-23-25-27-32-36(41)39-34-30-29-31-35(38(43)44)40-37(42)33-28-26-24-22-20-18-16-14-12-10-8-6-4-2/h13-16,35H,3-12,17-34H2,1-2H3,(H,39,41)(H,40,42)(H,43,44)/b15-13-,16-14-/t35-/m0/s1. The normalized spacial score (nSPS) is 12.2. The van der Waals surface area contributed by atoms with Gasteiger partial charge in [0.15, 0.2) is 0 Å². The second kappa shape index (κ2) is 33.8. The molecule has 0 heterocycles. The van der Waals surface area contributed by atoms with E-state index in [4.69, 9.17) is 0 Å². The highest BCUT2D eigenvalue weighted by Crippen LogP contribution is 2.11. The average Bonchev–Trinajstić information content (AvgIpc) is 3.00. The Labute approximate surface area is 271 Å². The SMILES string of the molecule is CCCCCC/C=C\CCCCCCCC(=O)NCCCC[C@H](NC(=O)CCCCCCC/C=C\CCCCCC)C(=O)O. The van der Waals surface area contributed by atoms with Crippen molar-refractivity contribution in [2.24, 2.45) is 0 Å². The van der Waals surface area contributed by atoms with E-state index in [-0.39, 0.29) is 11.8 Å². The molecule has 0 spiro atoms. The summed E-state index contributed by atoms with van der Waals surface area (Å²) in [5.74, 6) is -1.08. The molecule has 3 N–H and O–H groups in total. The quantitative estimate of drug-likeness (QED) is 0.0504. The molecule has 0 fully saturated rings. The lowest BCUT2D eigenvalue weighted by atomic mass is 10.1. The summed E-state index contributed by atoms with van der Waals surface area (Å²) in [6, 6.07) is -0.853. The van der Waals surface area contributed by atoms with Gasteiger partial charge in [-0.25, -0.2) is 4.79 Å². The van der Waals surface area contributed by atoms with Gasteiger partial charge in [-0.1, -0.05) is 115 Å². The van der Waals surface area contributed by atoms with Crippen LogP contribution in [-0.4, -0.2) is 35.5 Å². The number of carboxylic acids is 1. The first kappa shape index (κ1) is 41.9. The van der Waals surface area contributed by atoms with Gasteiger partial charge < -0.3 is 15.7 Å². The number of nitrogens with one attached hydrogen (secondary N) is 2. The molecule has 6 nitrogen and oxygen atoms in total. The van der Waals surface area contributed by atoms with Crippen molar-refractivity contribution in [1.29, 1.82) is 0 Å². The molecular formula is C38H70N2O4. The lowest BCUT2D eigenvalue weighted by molar-refractivity contribution is -0.142. The van der Waals surface area contributed by atoms with Crippen LogP contribution >= 0.6 is 0 Å². The van der Waals surface area contributed by atoms with E-state index in [9.17, 15) is 19.5 Å². The summed E-state index contributed by atoms with van der Waals surface area (Å²) < 4.78 is 0. The van der Waals surface area contributed by atoms with Gasteiger partial charge in [-0.3, -0.25) is 9.59 Å². The van der Waals surface area contributed by atoms with Crippen molar-refractivity contribution in [2.75, 3.05) is 6.54 Å². The number of allylic oxidation sites excluding steroid dienone is 4. The number of carbonyl (C=O) groups is 3. The van der Waals surface area contributed by atoms with Gasteiger partial charge in [0.05, 0.1) is 0 Å². The summed E-state index contributed by atoms with van der Waals surface area (Å²) in [7, 11) is 0. The molecule has 256 valence electrons. The van der Waals surface area contributed by atoms with Crippen molar-refractivity contribution >= 4 is 17.8 Å². The predicted octanol–water partition coefficient (Wildman–Crippen LogP) is 10.4. The van der Waals surface area contributed by atoms with Crippen LogP contribution in [-0.2, 0) is 14.4 Å². The third-order valence-corrected chi connectivity index (χ3v) is 8.21. The van der Waals surface area contributed by atoms with Crippen LogP contribution in [0.3, 0.4) is 0 Å². The first-order valence-corrected chi connectivity index (χ1v) is 18.6. The topological polar surface area (TPSA) is 95.5 Å². The number of hydrogen-bond donors (Lipinski definition) is 3. The predicted molar refractivity (Wildman–Crippen MR) is 187 cm³/mol. The van der Waals surface area contributed by atoms with E-state index >= 15 is 0 Å². The molecule has 0 unspecified atom stereocenters. The van der Waals surface area contributed by atoms with E-state index in [1.165, 1.54) is 103 Å². The molecule has 0 saturated heterocycles. The largest absolute Gasteiger partial charge is 0.480 e. The Morgan fingerprint density at radius 3 is 1.39 bits per heavy atom. The maximum atomic E-state index is 12.3. The number of carboxylic acid groups (broad SMARTS) is 1. The first-order chi connectivity index (χ1) is 21.5. The van der Waals surface area contributed by atoms with Crippen LogP contribution in [0, 0.1) is 0 Å². The van der Waals surface area contributed by atoms with E-state index in [0.717, 1.165) is 38.5 Å². The second-order valence-electron chi connectivity index (χ2n) is 12.6. The Balaban J connectivity index is 3.67. The van der Waals surface area contributed by atoms with Gasteiger partial charge in [0, 0.05) is 19.4 Å². The fraction of sp³-hybridized carbons (Fsp3) is 0.816. The van der Waals surface area contributed by atoms with E-state index in [1.807, 2.05) is 0 Å². The molecule has 0 aliphatic heterocycles. The van der Waals surface area contributed by atoms with Crippen LogP contribution in [0.1, 0.15) is 187 Å². The summed E-state index contributed by atoms with van der Waals surface area (Å²) in [5.41, 5.74) is 0. The first-order valence-electron chi connectivity index (χ1n) is 18.6. The zero-order chi connectivity index (χ0) is 32.4. The molecule has 0 aromatic heterocycles. The maximum absolute atomic E-state index is 12.3. The average molecular weight is 619 g/mol. The number of carbonyl (C=O) groups excluding carboxylic acids is 2. The maximum Gasteiger partial charge on any atom is 0.326 e. The Hall–Kier alpha value is -2.11. The number of amides is 2. The van der Waals surface area contributed by atoms with Crippen molar-refractivity contribution < 1.29 is 19.5 Å². The number of rotatable bonds is 33. The van der Waals surface area contributed by atoms with Gasteiger partial charge in [-0.05, 0) is 83.5 Å². The van der Waals surface area contributed by atoms with Gasteiger partial charge in [-0.15, -0.1) is 0 Å². The molecule has 0 radical (unpaired) electrons. The van der Waals surface area contributed by atoms with Crippen LogP contribution in [0.5, 0.6) is 0 Å². The van der Waals surface area contributed by atoms with Gasteiger partial charge in [0.1, 0.15) is 6.04 Å². The van der Waals surface area contributed by atoms with Crippen LogP contribution in [0.2, 0.25) is 0 Å². The summed E-state index contributed by atoms with van der Waals surface area (Å²) in [6.07, 6.45) is 38.1. The lowest BCUT2D eigenvalue weighted by Gasteiger charge is -2.14. The molecule has 0 aromatic carbocycles. The number of unbranched alkanes of at least 4 members (excludes halogenated alkanes) is 19. The molecule has 44 heavy (non-hydrogen) atoms. The Bertz CT molecular complexity index is 734. The molecule has 0 rings (SSSR count). The minimum atomic E-state index is -0.987. The molecule has 0 aliphatic rings. The smallest absolute Gasteiger partial charge is 0.326 e. The Morgan fingerprint density at radius 1 is 0.523 bits per heavy atom. The fourth-order valence-electron chi connectivity index (χ4n) is 5.32. The van der Waals surface area contributed by atoms with E-state index in [1.54, 1.807) is 0 Å². The van der Waals surface area contributed by atoms with Gasteiger partial charge in [0.2, 0.25) is 11.8 Å². The number of aliphatic carboxylic acids is 1. The molecule has 0 aromatic rings. The lowest BCUT2D eigenvalue weighted by Crippen LogP contribution is -2.40. The molecule has 0 saturated carbocycles. The highest BCUT2D eigenvalue weighted by atomic mass is 16.4. The third-order valence-electron chi connectivity index (χ3n) is 8.21. The second-order valence-corrected chi connectivity index (χ2v) is 12.6. The van der Waals surface area contributed by atoms with Crippen LogP contribution < -0.4 is 10.6 Å². The van der Waals surface area contributed by atoms with E-state index in [2.05, 4.69) is 48.8 Å². The molecular weight excluding hydrogens is 548 g/mol. The molecule has 2 amide bonds. The van der Waals surface area contributed by atoms with Gasteiger partial charge in [-0.2, -0.15) is 0 Å². The van der Waals surface area contributed by atoms with Crippen molar-refractivity contribution in [3.8, 4) is 0 Å². The third kappa shape index (κ3) is 31.3. The van der Waals surface area contributed by atoms with Crippen molar-refractivity contribution in [2.45, 2.75) is 193 Å². The summed E-state index contributed by atoms with van der Waals surface area (Å²) in [6.45, 7) is 5.04. The van der Waals surface area contributed by atoms with Gasteiger partial charge in [0.25, 0.3) is 0 Å².